The van der Waals surface area contributed by atoms with Crippen LogP contribution in [0.5, 0.6) is 11.5 Å². The Morgan fingerprint density at radius 3 is 2.66 bits per heavy atom. The van der Waals surface area contributed by atoms with Crippen molar-refractivity contribution in [1.82, 2.24) is 4.90 Å². The van der Waals surface area contributed by atoms with Crippen LogP contribution in [-0.4, -0.2) is 29.7 Å². The zero-order valence-corrected chi connectivity index (χ0v) is 20.7. The molecule has 2 amide bonds. The van der Waals surface area contributed by atoms with Crippen molar-refractivity contribution in [3.8, 4) is 11.5 Å². The molecule has 0 aromatic heterocycles. The van der Waals surface area contributed by atoms with Crippen LogP contribution in [0, 0.1) is 3.57 Å². The van der Waals surface area contributed by atoms with Crippen molar-refractivity contribution in [3.05, 3.63) is 74.2 Å². The normalized spacial score (nSPS) is 15.1. The number of carbonyl (C=O) groups is 2. The summed E-state index contributed by atoms with van der Waals surface area (Å²) in [5, 5.41) is 2.10. The predicted molar refractivity (Wildman–Crippen MR) is 137 cm³/mol. The van der Waals surface area contributed by atoms with E-state index in [4.69, 9.17) is 9.47 Å². The summed E-state index contributed by atoms with van der Waals surface area (Å²) in [5.41, 5.74) is 1.88. The highest BCUT2D eigenvalue weighted by Crippen LogP contribution is 2.38. The first-order valence-corrected chi connectivity index (χ1v) is 12.1. The molecule has 3 aromatic carbocycles. The maximum atomic E-state index is 12.5. The van der Waals surface area contributed by atoms with Crippen LogP contribution in [0.3, 0.4) is 0 Å². The number of imide groups is 1. The monoisotopic (exact) mass is 559 g/mol. The van der Waals surface area contributed by atoms with E-state index in [0.29, 0.717) is 29.6 Å². The molecule has 0 spiro atoms. The van der Waals surface area contributed by atoms with Crippen molar-refractivity contribution in [3.63, 3.8) is 0 Å². The third-order valence-electron chi connectivity index (χ3n) is 5.12. The molecule has 0 unspecified atom stereocenters. The number of rotatable bonds is 7. The molecule has 0 N–H and O–H groups in total. The van der Waals surface area contributed by atoms with Gasteiger partial charge in [-0.25, -0.2) is 0 Å². The third-order valence-corrected chi connectivity index (χ3v) is 6.83. The average Bonchev–Trinajstić information content (AvgIpc) is 3.05. The molecule has 1 aliphatic heterocycles. The van der Waals surface area contributed by atoms with Gasteiger partial charge in [0.05, 0.1) is 15.6 Å². The van der Waals surface area contributed by atoms with E-state index >= 15 is 0 Å². The average molecular weight is 559 g/mol. The Hall–Kier alpha value is -2.52. The molecule has 1 fully saturated rings. The number of benzene rings is 3. The minimum atomic E-state index is -0.243. The molecule has 0 radical (unpaired) electrons. The van der Waals surface area contributed by atoms with Crippen LogP contribution in [0.2, 0.25) is 0 Å². The largest absolute Gasteiger partial charge is 0.493 e. The van der Waals surface area contributed by atoms with E-state index in [0.717, 1.165) is 38.3 Å². The van der Waals surface area contributed by atoms with Crippen LogP contribution in [0.4, 0.5) is 4.79 Å². The molecule has 0 bridgehead atoms. The number of nitrogens with zero attached hydrogens (tertiary/aromatic N) is 1. The molecule has 4 rings (SSSR count). The van der Waals surface area contributed by atoms with Gasteiger partial charge in [0.25, 0.3) is 11.1 Å². The minimum absolute atomic E-state index is 0.222. The van der Waals surface area contributed by atoms with Gasteiger partial charge in [-0.1, -0.05) is 49.4 Å². The van der Waals surface area contributed by atoms with Gasteiger partial charge in [0.2, 0.25) is 0 Å². The van der Waals surface area contributed by atoms with Crippen LogP contribution in [0.25, 0.3) is 16.8 Å². The first kappa shape index (κ1) is 22.7. The van der Waals surface area contributed by atoms with Crippen LogP contribution in [0.1, 0.15) is 24.5 Å². The molecule has 7 heteroatoms. The molecule has 3 aromatic rings. The summed E-state index contributed by atoms with van der Waals surface area (Å²) in [7, 11) is 1.59. The fourth-order valence-electron chi connectivity index (χ4n) is 3.60. The van der Waals surface area contributed by atoms with E-state index in [9.17, 15) is 9.59 Å². The number of amides is 2. The Bertz CT molecular complexity index is 1220. The Labute approximate surface area is 204 Å². The number of methoxy groups -OCH3 is 1. The SMILES string of the molecule is CCCN1C(=O)S/C(=C/c2cc(I)c(OCc3cccc4ccccc34)c(OC)c2)C1=O. The highest BCUT2D eigenvalue weighted by Gasteiger charge is 2.34. The highest BCUT2D eigenvalue weighted by atomic mass is 127. The van der Waals surface area contributed by atoms with Crippen molar-refractivity contribution < 1.29 is 19.1 Å². The van der Waals surface area contributed by atoms with E-state index in [1.807, 2.05) is 37.3 Å². The van der Waals surface area contributed by atoms with Crippen molar-refractivity contribution in [1.29, 1.82) is 0 Å². The molecule has 0 aliphatic carbocycles. The summed E-state index contributed by atoms with van der Waals surface area (Å²) >= 11 is 3.18. The van der Waals surface area contributed by atoms with E-state index < -0.39 is 0 Å². The molecule has 5 nitrogen and oxygen atoms in total. The van der Waals surface area contributed by atoms with Gasteiger partial charge >= 0.3 is 0 Å². The molecule has 0 atom stereocenters. The molecular weight excluding hydrogens is 537 g/mol. The number of fused-ring (bicyclic) bond motifs is 1. The topological polar surface area (TPSA) is 55.8 Å². The maximum Gasteiger partial charge on any atom is 0.293 e. The zero-order chi connectivity index (χ0) is 22.7. The van der Waals surface area contributed by atoms with Gasteiger partial charge in [-0.2, -0.15) is 0 Å². The Morgan fingerprint density at radius 2 is 1.88 bits per heavy atom. The van der Waals surface area contributed by atoms with Gasteiger partial charge in [-0.3, -0.25) is 14.5 Å². The number of halogens is 1. The summed E-state index contributed by atoms with van der Waals surface area (Å²) in [6.07, 6.45) is 2.47. The van der Waals surface area contributed by atoms with Crippen LogP contribution >= 0.6 is 34.4 Å². The van der Waals surface area contributed by atoms with Crippen LogP contribution in [0.15, 0.2) is 59.5 Å². The molecule has 1 aliphatic rings. The first-order chi connectivity index (χ1) is 15.5. The summed E-state index contributed by atoms with van der Waals surface area (Å²) < 4.78 is 12.6. The zero-order valence-electron chi connectivity index (χ0n) is 17.8. The van der Waals surface area contributed by atoms with Crippen LogP contribution in [-0.2, 0) is 11.4 Å². The Morgan fingerprint density at radius 1 is 1.09 bits per heavy atom. The molecule has 1 heterocycles. The van der Waals surface area contributed by atoms with E-state index in [1.165, 1.54) is 10.3 Å². The lowest BCUT2D eigenvalue weighted by Gasteiger charge is -2.15. The van der Waals surface area contributed by atoms with Gasteiger partial charge in [0.15, 0.2) is 11.5 Å². The summed E-state index contributed by atoms with van der Waals surface area (Å²) in [4.78, 5) is 26.4. The van der Waals surface area contributed by atoms with Gasteiger partial charge in [0.1, 0.15) is 6.61 Å². The third kappa shape index (κ3) is 4.63. The van der Waals surface area contributed by atoms with Gasteiger partial charge in [-0.15, -0.1) is 0 Å². The molecule has 0 saturated carbocycles. The number of hydrogen-bond donors (Lipinski definition) is 0. The standard InChI is InChI=1S/C25H22INO4S/c1-3-11-27-24(28)22(32-25(27)29)14-16-12-20(26)23(21(13-16)30-2)31-15-18-9-6-8-17-7-4-5-10-19(17)18/h4-10,12-14H,3,11,15H2,1-2H3/b22-14+. The van der Waals surface area contributed by atoms with Crippen molar-refractivity contribution in [2.24, 2.45) is 0 Å². The second-order valence-corrected chi connectivity index (χ2v) is 9.45. The fraction of sp³-hybridized carbons (Fsp3) is 0.200. The smallest absolute Gasteiger partial charge is 0.293 e. The quantitative estimate of drug-likeness (QED) is 0.245. The van der Waals surface area contributed by atoms with Gasteiger partial charge < -0.3 is 9.47 Å². The second kappa shape index (κ2) is 9.95. The predicted octanol–water partition coefficient (Wildman–Crippen LogP) is 6.48. The lowest BCUT2D eigenvalue weighted by molar-refractivity contribution is -0.122. The molecule has 32 heavy (non-hydrogen) atoms. The summed E-state index contributed by atoms with van der Waals surface area (Å²) in [5.74, 6) is 0.987. The second-order valence-electron chi connectivity index (χ2n) is 7.29. The summed E-state index contributed by atoms with van der Waals surface area (Å²) in [6.45, 7) is 2.78. The lowest BCUT2D eigenvalue weighted by atomic mass is 10.1. The fourth-order valence-corrected chi connectivity index (χ4v) is 5.25. The number of ether oxygens (including phenoxy) is 2. The van der Waals surface area contributed by atoms with E-state index in [2.05, 4.69) is 46.9 Å². The van der Waals surface area contributed by atoms with E-state index in [1.54, 1.807) is 13.2 Å². The highest BCUT2D eigenvalue weighted by molar-refractivity contribution is 14.1. The lowest BCUT2D eigenvalue weighted by Crippen LogP contribution is -2.28. The first-order valence-electron chi connectivity index (χ1n) is 10.2. The Kier molecular flexibility index (Phi) is 7.05. The molecule has 164 valence electrons. The number of hydrogen-bond acceptors (Lipinski definition) is 5. The number of carbonyl (C=O) groups excluding carboxylic acids is 2. The molecular formula is C25H22INO4S. The van der Waals surface area contributed by atoms with Crippen molar-refractivity contribution >= 4 is 62.3 Å². The summed E-state index contributed by atoms with van der Waals surface area (Å²) in [6, 6.07) is 18.1. The maximum absolute atomic E-state index is 12.5. The Balaban J connectivity index is 1.59. The number of thioether (sulfide) groups is 1. The van der Waals surface area contributed by atoms with Gasteiger partial charge in [-0.05, 0) is 80.9 Å². The molecule has 1 saturated heterocycles. The van der Waals surface area contributed by atoms with Crippen molar-refractivity contribution in [2.75, 3.05) is 13.7 Å². The van der Waals surface area contributed by atoms with Crippen molar-refractivity contribution in [2.45, 2.75) is 20.0 Å². The minimum Gasteiger partial charge on any atom is -0.493 e. The van der Waals surface area contributed by atoms with Crippen LogP contribution < -0.4 is 9.47 Å². The van der Waals surface area contributed by atoms with E-state index in [-0.39, 0.29) is 11.1 Å². The van der Waals surface area contributed by atoms with Gasteiger partial charge in [0, 0.05) is 6.54 Å².